The van der Waals surface area contributed by atoms with Crippen molar-refractivity contribution in [1.29, 1.82) is 0 Å². The van der Waals surface area contributed by atoms with Crippen LogP contribution in [-0.2, 0) is 14.8 Å². The zero-order chi connectivity index (χ0) is 14.6. The average Bonchev–Trinajstić information content (AvgIpc) is 2.35. The lowest BCUT2D eigenvalue weighted by atomic mass is 10.1. The highest BCUT2D eigenvalue weighted by molar-refractivity contribution is 14.1. The summed E-state index contributed by atoms with van der Waals surface area (Å²) in [6, 6.07) is 5.67. The van der Waals surface area contributed by atoms with Crippen molar-refractivity contribution in [1.82, 2.24) is 10.0 Å². The summed E-state index contributed by atoms with van der Waals surface area (Å²) < 4.78 is 27.8. The Hall–Kier alpha value is -0.670. The molecule has 0 fully saturated rings. The predicted octanol–water partition coefficient (Wildman–Crippen LogP) is 1.34. The monoisotopic (exact) mass is 396 g/mol. The van der Waals surface area contributed by atoms with Crippen molar-refractivity contribution in [2.24, 2.45) is 5.92 Å². The molecule has 1 amide bonds. The molecule has 0 aliphatic heterocycles. The van der Waals surface area contributed by atoms with Crippen molar-refractivity contribution in [3.63, 3.8) is 0 Å². The summed E-state index contributed by atoms with van der Waals surface area (Å²) in [4.78, 5) is 11.8. The van der Waals surface area contributed by atoms with Gasteiger partial charge in [0, 0.05) is 10.6 Å². The fourth-order valence-corrected chi connectivity index (χ4v) is 3.20. The van der Waals surface area contributed by atoms with Gasteiger partial charge in [0.2, 0.25) is 15.9 Å². The molecule has 0 aliphatic carbocycles. The van der Waals surface area contributed by atoms with E-state index in [9.17, 15) is 13.2 Å². The van der Waals surface area contributed by atoms with E-state index >= 15 is 0 Å². The third-order valence-electron chi connectivity index (χ3n) is 2.60. The molecule has 0 heterocycles. The van der Waals surface area contributed by atoms with Crippen LogP contribution in [0.4, 0.5) is 0 Å². The van der Waals surface area contributed by atoms with Crippen LogP contribution in [0.3, 0.4) is 0 Å². The average molecular weight is 396 g/mol. The van der Waals surface area contributed by atoms with Crippen LogP contribution in [0, 0.1) is 9.49 Å². The van der Waals surface area contributed by atoms with Crippen molar-refractivity contribution < 1.29 is 13.2 Å². The van der Waals surface area contributed by atoms with Gasteiger partial charge < -0.3 is 5.32 Å². The molecule has 1 aromatic carbocycles. The molecular weight excluding hydrogens is 379 g/mol. The second-order valence-electron chi connectivity index (χ2n) is 4.41. The van der Waals surface area contributed by atoms with E-state index in [0.29, 0.717) is 0 Å². The maximum Gasteiger partial charge on any atom is 0.241 e. The summed E-state index contributed by atoms with van der Waals surface area (Å²) in [5.41, 5.74) is 0. The fraction of sp³-hybridized carbons (Fsp3) is 0.417. The molecule has 2 N–H and O–H groups in total. The molecule has 1 atom stereocenters. The van der Waals surface area contributed by atoms with Gasteiger partial charge in [-0.25, -0.2) is 8.42 Å². The molecule has 0 saturated heterocycles. The Kier molecular flexibility index (Phi) is 5.75. The van der Waals surface area contributed by atoms with Gasteiger partial charge in [0.1, 0.15) is 6.04 Å². The molecule has 0 radical (unpaired) electrons. The van der Waals surface area contributed by atoms with Gasteiger partial charge in [-0.15, -0.1) is 0 Å². The molecule has 19 heavy (non-hydrogen) atoms. The van der Waals surface area contributed by atoms with E-state index in [1.54, 1.807) is 26.0 Å². The summed E-state index contributed by atoms with van der Waals surface area (Å²) >= 11 is 2.10. The number of hydrogen-bond acceptors (Lipinski definition) is 3. The predicted molar refractivity (Wildman–Crippen MR) is 82.2 cm³/mol. The quantitative estimate of drug-likeness (QED) is 0.738. The number of halogens is 1. The van der Waals surface area contributed by atoms with Crippen LogP contribution in [0.1, 0.15) is 13.8 Å². The number of carbonyl (C=O) groups is 1. The topological polar surface area (TPSA) is 75.3 Å². The van der Waals surface area contributed by atoms with Gasteiger partial charge in [-0.3, -0.25) is 4.79 Å². The molecule has 0 aromatic heterocycles. The zero-order valence-corrected chi connectivity index (χ0v) is 13.9. The van der Waals surface area contributed by atoms with Crippen LogP contribution in [0.5, 0.6) is 0 Å². The van der Waals surface area contributed by atoms with Gasteiger partial charge in [-0.05, 0) is 52.8 Å². The Bertz CT molecular complexity index is 541. The summed E-state index contributed by atoms with van der Waals surface area (Å²) in [6.07, 6.45) is 0. The smallest absolute Gasteiger partial charge is 0.241 e. The molecule has 0 aliphatic rings. The second-order valence-corrected chi connectivity index (χ2v) is 7.37. The number of rotatable bonds is 5. The first-order valence-corrected chi connectivity index (χ1v) is 8.33. The lowest BCUT2D eigenvalue weighted by Crippen LogP contribution is -2.48. The first-order valence-electron chi connectivity index (χ1n) is 5.77. The van der Waals surface area contributed by atoms with Crippen LogP contribution in [0.15, 0.2) is 29.2 Å². The Morgan fingerprint density at radius 2 is 1.74 bits per heavy atom. The van der Waals surface area contributed by atoms with E-state index < -0.39 is 16.1 Å². The SMILES string of the molecule is CNC(=O)C(NS(=O)(=O)c1ccc(I)cc1)C(C)C. The number of carbonyl (C=O) groups excluding carboxylic acids is 1. The molecule has 1 aromatic rings. The third kappa shape index (κ3) is 4.43. The molecule has 1 rings (SSSR count). The summed E-state index contributed by atoms with van der Waals surface area (Å²) in [5, 5.41) is 2.46. The van der Waals surface area contributed by atoms with Gasteiger partial charge in [0.25, 0.3) is 0 Å². The Labute approximate surface area is 127 Å². The Balaban J connectivity index is 3.00. The van der Waals surface area contributed by atoms with E-state index in [4.69, 9.17) is 0 Å². The largest absolute Gasteiger partial charge is 0.358 e. The molecule has 0 bridgehead atoms. The highest BCUT2D eigenvalue weighted by atomic mass is 127. The maximum atomic E-state index is 12.2. The standard InChI is InChI=1S/C12H17IN2O3S/c1-8(2)11(12(16)14-3)15-19(17,18)10-6-4-9(13)5-7-10/h4-8,11,15H,1-3H3,(H,14,16). The molecule has 0 saturated carbocycles. The van der Waals surface area contributed by atoms with Gasteiger partial charge in [0.15, 0.2) is 0 Å². The molecule has 106 valence electrons. The summed E-state index contributed by atoms with van der Waals surface area (Å²) in [6.45, 7) is 3.58. The van der Waals surface area contributed by atoms with Crippen LogP contribution in [0.2, 0.25) is 0 Å². The number of hydrogen-bond donors (Lipinski definition) is 2. The van der Waals surface area contributed by atoms with Gasteiger partial charge >= 0.3 is 0 Å². The molecule has 7 heteroatoms. The minimum atomic E-state index is -3.69. The molecular formula is C12H17IN2O3S. The Morgan fingerprint density at radius 1 is 1.21 bits per heavy atom. The second kappa shape index (κ2) is 6.67. The van der Waals surface area contributed by atoms with E-state index in [1.807, 2.05) is 0 Å². The van der Waals surface area contributed by atoms with Crippen molar-refractivity contribution in [3.8, 4) is 0 Å². The van der Waals surface area contributed by atoms with Crippen LogP contribution in [-0.4, -0.2) is 27.4 Å². The molecule has 1 unspecified atom stereocenters. The van der Waals surface area contributed by atoms with Crippen molar-refractivity contribution in [2.45, 2.75) is 24.8 Å². The minimum absolute atomic E-state index is 0.140. The number of amides is 1. The Morgan fingerprint density at radius 3 is 2.16 bits per heavy atom. The van der Waals surface area contributed by atoms with Crippen molar-refractivity contribution in [2.75, 3.05) is 7.05 Å². The minimum Gasteiger partial charge on any atom is -0.358 e. The molecule has 5 nitrogen and oxygen atoms in total. The number of nitrogens with one attached hydrogen (secondary N) is 2. The lowest BCUT2D eigenvalue weighted by Gasteiger charge is -2.20. The molecule has 0 spiro atoms. The maximum absolute atomic E-state index is 12.2. The highest BCUT2D eigenvalue weighted by Crippen LogP contribution is 2.14. The number of likely N-dealkylation sites (N-methyl/N-ethyl adjacent to an activating group) is 1. The van der Waals surface area contributed by atoms with E-state index in [0.717, 1.165) is 3.57 Å². The van der Waals surface area contributed by atoms with Gasteiger partial charge in [0.05, 0.1) is 4.90 Å². The van der Waals surface area contributed by atoms with E-state index in [-0.39, 0.29) is 16.7 Å². The highest BCUT2D eigenvalue weighted by Gasteiger charge is 2.27. The van der Waals surface area contributed by atoms with Crippen LogP contribution in [0.25, 0.3) is 0 Å². The number of benzene rings is 1. The number of sulfonamides is 1. The lowest BCUT2D eigenvalue weighted by molar-refractivity contribution is -0.123. The summed E-state index contributed by atoms with van der Waals surface area (Å²) in [5.74, 6) is -0.484. The van der Waals surface area contributed by atoms with Gasteiger partial charge in [-0.2, -0.15) is 4.72 Å². The van der Waals surface area contributed by atoms with Gasteiger partial charge in [-0.1, -0.05) is 13.8 Å². The summed E-state index contributed by atoms with van der Waals surface area (Å²) in [7, 11) is -2.21. The van der Waals surface area contributed by atoms with Crippen molar-refractivity contribution in [3.05, 3.63) is 27.8 Å². The zero-order valence-electron chi connectivity index (χ0n) is 11.0. The fourth-order valence-electron chi connectivity index (χ4n) is 1.50. The van der Waals surface area contributed by atoms with E-state index in [1.165, 1.54) is 19.2 Å². The van der Waals surface area contributed by atoms with Crippen LogP contribution < -0.4 is 10.0 Å². The van der Waals surface area contributed by atoms with Crippen molar-refractivity contribution >= 4 is 38.5 Å². The third-order valence-corrected chi connectivity index (χ3v) is 4.78. The first kappa shape index (κ1) is 16.4. The van der Waals surface area contributed by atoms with E-state index in [2.05, 4.69) is 32.6 Å². The first-order chi connectivity index (χ1) is 8.77. The normalized spacial score (nSPS) is 13.3. The van der Waals surface area contributed by atoms with Crippen LogP contribution >= 0.6 is 22.6 Å².